The number of Topliss-reactive ketones (excluding diaryl/α,β-unsaturated/α-hetero) is 1. The lowest BCUT2D eigenvalue weighted by Crippen LogP contribution is -2.14. The summed E-state index contributed by atoms with van der Waals surface area (Å²) in [7, 11) is 0. The molecule has 0 aliphatic heterocycles. The number of anilines is 1. The zero-order valence-corrected chi connectivity index (χ0v) is 11.7. The smallest absolute Gasteiger partial charge is 0.181 e. The van der Waals surface area contributed by atoms with Crippen LogP contribution in [0.2, 0.25) is 10.0 Å². The van der Waals surface area contributed by atoms with Crippen molar-refractivity contribution in [2.45, 2.75) is 0 Å². The van der Waals surface area contributed by atoms with E-state index in [4.69, 9.17) is 23.2 Å². The van der Waals surface area contributed by atoms with Crippen molar-refractivity contribution in [3.8, 4) is 11.5 Å². The van der Waals surface area contributed by atoms with Gasteiger partial charge in [-0.15, -0.1) is 0 Å². The van der Waals surface area contributed by atoms with Crippen LogP contribution in [0.3, 0.4) is 0 Å². The van der Waals surface area contributed by atoms with Crippen molar-refractivity contribution in [3.63, 3.8) is 0 Å². The van der Waals surface area contributed by atoms with E-state index >= 15 is 0 Å². The van der Waals surface area contributed by atoms with Gasteiger partial charge in [-0.2, -0.15) is 0 Å². The van der Waals surface area contributed by atoms with Crippen LogP contribution in [0.4, 0.5) is 5.69 Å². The van der Waals surface area contributed by atoms with Gasteiger partial charge in [0.25, 0.3) is 0 Å². The summed E-state index contributed by atoms with van der Waals surface area (Å²) < 4.78 is 0. The average molecular weight is 312 g/mol. The second-order valence-corrected chi connectivity index (χ2v) is 4.84. The first kappa shape index (κ1) is 14.5. The number of rotatable bonds is 4. The molecule has 6 heteroatoms. The summed E-state index contributed by atoms with van der Waals surface area (Å²) >= 11 is 11.8. The molecule has 0 aliphatic carbocycles. The van der Waals surface area contributed by atoms with Crippen molar-refractivity contribution in [1.29, 1.82) is 0 Å². The minimum absolute atomic E-state index is 0.0341. The lowest BCUT2D eigenvalue weighted by Gasteiger charge is -2.12. The molecule has 20 heavy (non-hydrogen) atoms. The second kappa shape index (κ2) is 6.03. The summed E-state index contributed by atoms with van der Waals surface area (Å²) in [6.07, 6.45) is 0. The van der Waals surface area contributed by atoms with Crippen molar-refractivity contribution in [2.24, 2.45) is 0 Å². The maximum Gasteiger partial charge on any atom is 0.181 e. The molecule has 0 heterocycles. The van der Waals surface area contributed by atoms with Crippen molar-refractivity contribution in [2.75, 3.05) is 11.9 Å². The highest BCUT2D eigenvalue weighted by Gasteiger charge is 2.16. The summed E-state index contributed by atoms with van der Waals surface area (Å²) in [4.78, 5) is 11.9. The predicted octanol–water partition coefficient (Wildman–Crippen LogP) is 3.70. The van der Waals surface area contributed by atoms with Crippen LogP contribution in [0, 0.1) is 0 Å². The summed E-state index contributed by atoms with van der Waals surface area (Å²) in [5.41, 5.74) is 0.753. The Hall–Kier alpha value is -1.91. The molecule has 0 aliphatic rings. The molecule has 2 aromatic rings. The number of phenols is 2. The Balaban J connectivity index is 2.16. The van der Waals surface area contributed by atoms with Crippen LogP contribution in [-0.4, -0.2) is 22.5 Å². The van der Waals surface area contributed by atoms with E-state index in [1.54, 1.807) is 24.3 Å². The molecule has 2 rings (SSSR count). The predicted molar refractivity (Wildman–Crippen MR) is 79.1 cm³/mol. The van der Waals surface area contributed by atoms with Gasteiger partial charge >= 0.3 is 0 Å². The number of halogens is 2. The summed E-state index contributed by atoms with van der Waals surface area (Å²) in [5.74, 6) is -1.05. The molecule has 4 nitrogen and oxygen atoms in total. The number of carbonyl (C=O) groups is 1. The Morgan fingerprint density at radius 2 is 1.80 bits per heavy atom. The number of carbonyl (C=O) groups excluding carboxylic acids is 1. The van der Waals surface area contributed by atoms with Gasteiger partial charge < -0.3 is 15.5 Å². The van der Waals surface area contributed by atoms with Gasteiger partial charge in [-0.25, -0.2) is 0 Å². The summed E-state index contributed by atoms with van der Waals surface area (Å²) in [5, 5.41) is 21.6. The summed E-state index contributed by atoms with van der Waals surface area (Å²) in [6, 6.07) is 9.89. The van der Waals surface area contributed by atoms with E-state index in [2.05, 4.69) is 5.32 Å². The lowest BCUT2D eigenvalue weighted by molar-refractivity contribution is 0.101. The van der Waals surface area contributed by atoms with Crippen molar-refractivity contribution >= 4 is 34.7 Å². The van der Waals surface area contributed by atoms with Crippen LogP contribution in [0.25, 0.3) is 0 Å². The molecule has 0 amide bonds. The highest BCUT2D eigenvalue weighted by molar-refractivity contribution is 6.40. The van der Waals surface area contributed by atoms with Crippen LogP contribution >= 0.6 is 23.2 Å². The fraction of sp³-hybridized carbons (Fsp3) is 0.0714. The molecule has 0 radical (unpaired) electrons. The first-order chi connectivity index (χ1) is 9.50. The topological polar surface area (TPSA) is 69.6 Å². The number of nitrogens with one attached hydrogen (secondary N) is 1. The van der Waals surface area contributed by atoms with Gasteiger partial charge in [0.15, 0.2) is 17.3 Å². The Labute approximate surface area is 125 Å². The van der Waals surface area contributed by atoms with Crippen LogP contribution in [0.15, 0.2) is 36.4 Å². The second-order valence-electron chi connectivity index (χ2n) is 4.06. The highest BCUT2D eigenvalue weighted by atomic mass is 35.5. The Kier molecular flexibility index (Phi) is 4.37. The minimum atomic E-state index is -0.481. The maximum atomic E-state index is 11.9. The molecule has 3 N–H and O–H groups in total. The third kappa shape index (κ3) is 2.98. The molecule has 104 valence electrons. The largest absolute Gasteiger partial charge is 0.504 e. The number of hydrogen-bond donors (Lipinski definition) is 3. The first-order valence-electron chi connectivity index (χ1n) is 5.72. The van der Waals surface area contributed by atoms with Crippen molar-refractivity contribution in [3.05, 3.63) is 52.0 Å². The summed E-state index contributed by atoms with van der Waals surface area (Å²) in [6.45, 7) is -0.0341. The van der Waals surface area contributed by atoms with Gasteiger partial charge in [0.05, 0.1) is 17.3 Å². The Morgan fingerprint density at radius 1 is 1.15 bits per heavy atom. The van der Waals surface area contributed by atoms with E-state index in [-0.39, 0.29) is 28.1 Å². The third-order valence-corrected chi connectivity index (χ3v) is 3.36. The standard InChI is InChI=1S/C14H11Cl2NO3/c15-9-6-10(18)14(20)12(16)13(9)17-7-11(19)8-4-2-1-3-5-8/h1-6,17-18,20H,7H2. The van der Waals surface area contributed by atoms with Crippen LogP contribution in [0.1, 0.15) is 10.4 Å². The van der Waals surface area contributed by atoms with Crippen LogP contribution in [-0.2, 0) is 0 Å². The fourth-order valence-corrected chi connectivity index (χ4v) is 2.23. The SMILES string of the molecule is O=C(CNc1c(Cl)cc(O)c(O)c1Cl)c1ccccc1. The molecule has 0 bridgehead atoms. The lowest BCUT2D eigenvalue weighted by atomic mass is 10.1. The Morgan fingerprint density at radius 3 is 2.45 bits per heavy atom. The van der Waals surface area contributed by atoms with Crippen molar-refractivity contribution < 1.29 is 15.0 Å². The van der Waals surface area contributed by atoms with Gasteiger partial charge in [-0.1, -0.05) is 53.5 Å². The van der Waals surface area contributed by atoms with E-state index in [1.807, 2.05) is 6.07 Å². The number of ketones is 1. The van der Waals surface area contributed by atoms with E-state index in [0.717, 1.165) is 6.07 Å². The quantitative estimate of drug-likeness (QED) is 0.457. The van der Waals surface area contributed by atoms with E-state index < -0.39 is 11.5 Å². The molecule has 0 saturated heterocycles. The van der Waals surface area contributed by atoms with Crippen molar-refractivity contribution in [1.82, 2.24) is 0 Å². The van der Waals surface area contributed by atoms with E-state index in [0.29, 0.717) is 5.56 Å². The molecule has 0 atom stereocenters. The van der Waals surface area contributed by atoms with Gasteiger partial charge in [-0.3, -0.25) is 4.79 Å². The van der Waals surface area contributed by atoms with E-state index in [9.17, 15) is 15.0 Å². The number of hydrogen-bond acceptors (Lipinski definition) is 4. The van der Waals surface area contributed by atoms with Gasteiger partial charge in [0.2, 0.25) is 0 Å². The molecular formula is C14H11Cl2NO3. The molecule has 0 aromatic heterocycles. The molecule has 0 fully saturated rings. The van der Waals surface area contributed by atoms with Crippen LogP contribution < -0.4 is 5.32 Å². The van der Waals surface area contributed by atoms with Gasteiger partial charge in [-0.05, 0) is 0 Å². The number of aromatic hydroxyl groups is 2. The van der Waals surface area contributed by atoms with Gasteiger partial charge in [0.1, 0.15) is 5.02 Å². The Bertz CT molecular complexity index is 645. The van der Waals surface area contributed by atoms with Crippen LogP contribution in [0.5, 0.6) is 11.5 Å². The molecule has 2 aromatic carbocycles. The fourth-order valence-electron chi connectivity index (χ4n) is 1.65. The molecular weight excluding hydrogens is 301 g/mol. The van der Waals surface area contributed by atoms with Gasteiger partial charge in [0, 0.05) is 11.6 Å². The zero-order valence-electron chi connectivity index (χ0n) is 10.2. The molecule has 0 spiro atoms. The number of benzene rings is 2. The number of phenolic OH excluding ortho intramolecular Hbond substituents is 2. The first-order valence-corrected chi connectivity index (χ1v) is 6.48. The molecule has 0 unspecified atom stereocenters. The van der Waals surface area contributed by atoms with E-state index in [1.165, 1.54) is 0 Å². The average Bonchev–Trinajstić information content (AvgIpc) is 2.45. The zero-order chi connectivity index (χ0) is 14.7. The maximum absolute atomic E-state index is 11.9. The highest BCUT2D eigenvalue weighted by Crippen LogP contribution is 2.43. The molecule has 0 saturated carbocycles. The third-order valence-electron chi connectivity index (χ3n) is 2.69. The monoisotopic (exact) mass is 311 g/mol. The normalized spacial score (nSPS) is 10.3. The minimum Gasteiger partial charge on any atom is -0.504 e.